The number of fused-ring (bicyclic) bond motifs is 5. The smallest absolute Gasteiger partial charge is 0.333 e. The lowest BCUT2D eigenvalue weighted by Gasteiger charge is -2.49. The van der Waals surface area contributed by atoms with E-state index in [0.29, 0.717) is 53.8 Å². The number of carbonyl (C=O) groups is 1. The number of aliphatic hydroxyl groups is 2. The van der Waals surface area contributed by atoms with E-state index in [4.69, 9.17) is 25.4 Å². The van der Waals surface area contributed by atoms with Crippen LogP contribution in [0.2, 0.25) is 0 Å². The van der Waals surface area contributed by atoms with Crippen LogP contribution in [-0.4, -0.2) is 54.7 Å². The molecule has 5 aromatic rings. The monoisotopic (exact) mass is 774 g/mol. The number of nitrogens with zero attached hydrogens (tertiary/aromatic N) is 2. The number of benzene rings is 2. The Hall–Kier alpha value is -5.92. The number of nitrogen functional groups attached to an aromatic ring is 2. The maximum absolute atomic E-state index is 14.0. The third kappa shape index (κ3) is 6.34. The number of hydrogen-bond donors (Lipinski definition) is 6. The second-order valence-corrected chi connectivity index (χ2v) is 15.7. The van der Waals surface area contributed by atoms with Gasteiger partial charge >= 0.3 is 5.97 Å². The summed E-state index contributed by atoms with van der Waals surface area (Å²) in [7, 11) is 0. The molecule has 0 amide bonds. The molecule has 2 aromatic carbocycles. The second-order valence-electron chi connectivity index (χ2n) is 15.7. The van der Waals surface area contributed by atoms with E-state index in [1.54, 1.807) is 50.5 Å². The molecule has 3 aliphatic rings. The van der Waals surface area contributed by atoms with E-state index in [2.05, 4.69) is 9.97 Å². The Morgan fingerprint density at radius 2 is 1.88 bits per heavy atom. The molecular weight excluding hydrogens is 729 g/mol. The zero-order valence-electron chi connectivity index (χ0n) is 32.0. The van der Waals surface area contributed by atoms with Crippen LogP contribution < -0.4 is 21.6 Å². The van der Waals surface area contributed by atoms with Gasteiger partial charge in [-0.3, -0.25) is 4.79 Å². The number of aryl methyl sites for hydroxylation is 1. The SMILES string of the molecule is C/C=C(/C)C(=O)O[C@@H]1Cc2c3c(c4oc(CO)cc(=O)c4c2O)[C@@H]2c4ccnc(N)c4[C@@H](CCc4ccc(O)cc4[C@H]2CO)C[C@@H](Cc2ccc(N)nc2)[C@]1(C)O3. The number of hydrogen-bond acceptors (Lipinski definition) is 13. The first kappa shape index (κ1) is 38.0. The molecule has 8 N–H and O–H groups in total. The standard InChI is InChI=1S/C44H46N4O9/c1-4-21(2)43(54)56-33-17-30-39(53)37-32(52)16-27(19-49)55-41(37)38-36-28-11-12-47-42(46)35(28)24(7-6-23-8-9-26(51)15-29(23)31(36)20-50)14-25(44(33,3)57-40(30)38)13-22-5-10-34(45)48-18-22/h4-5,8-12,15-16,18,24-25,31,33,36,49-51,53H,6-7,13-14,17,19-20H2,1-3H3,(H2,45,48)(H2,46,47)/b21-4-/t24-,25+,31+,33+,36+,44-/m0/s1. The number of pyridine rings is 2. The minimum absolute atomic E-state index is 0.00861. The van der Waals surface area contributed by atoms with E-state index < -0.39 is 59.8 Å². The first-order valence-corrected chi connectivity index (χ1v) is 19.2. The van der Waals surface area contributed by atoms with Crippen LogP contribution in [0.3, 0.4) is 0 Å². The zero-order chi connectivity index (χ0) is 40.3. The first-order valence-electron chi connectivity index (χ1n) is 19.2. The minimum atomic E-state index is -1.30. The molecule has 13 heteroatoms. The van der Waals surface area contributed by atoms with Crippen molar-refractivity contribution in [3.63, 3.8) is 0 Å². The number of phenolic OH excluding ortho intramolecular Hbond substituents is 2. The van der Waals surface area contributed by atoms with Crippen molar-refractivity contribution in [2.24, 2.45) is 5.92 Å². The maximum atomic E-state index is 14.0. The molecule has 0 radical (unpaired) electrons. The molecule has 5 heterocycles. The number of esters is 1. The first-order chi connectivity index (χ1) is 27.4. The van der Waals surface area contributed by atoms with Crippen LogP contribution in [0.15, 0.2) is 75.7 Å². The van der Waals surface area contributed by atoms with Crippen molar-refractivity contribution in [3.05, 3.63) is 121 Å². The lowest BCUT2D eigenvalue weighted by atomic mass is 9.67. The molecule has 0 fully saturated rings. The van der Waals surface area contributed by atoms with Gasteiger partial charge in [-0.25, -0.2) is 14.8 Å². The summed E-state index contributed by atoms with van der Waals surface area (Å²) in [4.78, 5) is 36.7. The number of nitrogens with two attached hydrogens (primary N) is 2. The molecule has 296 valence electrons. The van der Waals surface area contributed by atoms with Crippen LogP contribution in [0.1, 0.15) is 96.1 Å². The Morgan fingerprint density at radius 1 is 1.07 bits per heavy atom. The van der Waals surface area contributed by atoms with Crippen LogP contribution >= 0.6 is 0 Å². The highest BCUT2D eigenvalue weighted by Crippen LogP contribution is 2.58. The van der Waals surface area contributed by atoms with E-state index in [9.17, 15) is 30.0 Å². The third-order valence-corrected chi connectivity index (χ3v) is 12.5. The Balaban J connectivity index is 1.54. The molecule has 57 heavy (non-hydrogen) atoms. The number of aliphatic hydroxyl groups excluding tert-OH is 2. The highest BCUT2D eigenvalue weighted by atomic mass is 16.6. The lowest BCUT2D eigenvalue weighted by Crippen LogP contribution is -2.57. The van der Waals surface area contributed by atoms with Gasteiger partial charge in [0.15, 0.2) is 5.43 Å². The lowest BCUT2D eigenvalue weighted by molar-refractivity contribution is -0.165. The molecule has 0 saturated heterocycles. The fourth-order valence-electron chi connectivity index (χ4n) is 9.41. The summed E-state index contributed by atoms with van der Waals surface area (Å²) in [5, 5.41) is 44.8. The van der Waals surface area contributed by atoms with Gasteiger partial charge < -0.3 is 45.8 Å². The number of anilines is 2. The van der Waals surface area contributed by atoms with Gasteiger partial charge in [-0.1, -0.05) is 18.2 Å². The Labute approximate surface area is 328 Å². The Kier molecular flexibility index (Phi) is 9.69. The van der Waals surface area contributed by atoms with Crippen molar-refractivity contribution in [2.45, 2.75) is 88.9 Å². The van der Waals surface area contributed by atoms with Gasteiger partial charge in [0.1, 0.15) is 63.9 Å². The van der Waals surface area contributed by atoms with E-state index in [-0.39, 0.29) is 51.9 Å². The number of rotatable bonds is 6. The maximum Gasteiger partial charge on any atom is 0.333 e. The molecular formula is C44H46N4O9. The van der Waals surface area contributed by atoms with E-state index in [0.717, 1.165) is 22.8 Å². The molecule has 0 spiro atoms. The van der Waals surface area contributed by atoms with Gasteiger partial charge in [-0.05, 0) is 98.9 Å². The second kappa shape index (κ2) is 14.5. The number of allylic oxidation sites excluding steroid dienone is 1. The van der Waals surface area contributed by atoms with Gasteiger partial charge in [0.25, 0.3) is 0 Å². The van der Waals surface area contributed by atoms with Crippen molar-refractivity contribution in [1.29, 1.82) is 0 Å². The number of carbonyl (C=O) groups excluding carboxylic acids is 1. The van der Waals surface area contributed by atoms with Crippen LogP contribution in [0, 0.1) is 5.92 Å². The summed E-state index contributed by atoms with van der Waals surface area (Å²) >= 11 is 0. The van der Waals surface area contributed by atoms with Gasteiger partial charge in [-0.2, -0.15) is 0 Å². The zero-order valence-corrected chi connectivity index (χ0v) is 32.0. The summed E-state index contributed by atoms with van der Waals surface area (Å²) in [5.41, 5.74) is 15.8. The van der Waals surface area contributed by atoms with Crippen molar-refractivity contribution < 1.29 is 39.1 Å². The summed E-state index contributed by atoms with van der Waals surface area (Å²) in [6.07, 6.45) is 5.97. The van der Waals surface area contributed by atoms with Gasteiger partial charge in [0, 0.05) is 64.9 Å². The van der Waals surface area contributed by atoms with Crippen molar-refractivity contribution in [1.82, 2.24) is 9.97 Å². The molecule has 0 saturated carbocycles. The van der Waals surface area contributed by atoms with E-state index in [1.165, 1.54) is 0 Å². The summed E-state index contributed by atoms with van der Waals surface area (Å²) in [5.74, 6) is -2.48. The van der Waals surface area contributed by atoms with E-state index >= 15 is 0 Å². The molecule has 8 rings (SSSR count). The topological polar surface area (TPSA) is 224 Å². The third-order valence-electron chi connectivity index (χ3n) is 12.5. The van der Waals surface area contributed by atoms with Gasteiger partial charge in [0.05, 0.1) is 6.61 Å². The minimum Gasteiger partial charge on any atom is -0.508 e. The van der Waals surface area contributed by atoms with Crippen molar-refractivity contribution >= 4 is 28.6 Å². The van der Waals surface area contributed by atoms with Crippen LogP contribution in [0.25, 0.3) is 11.0 Å². The Bertz CT molecular complexity index is 2500. The highest BCUT2D eigenvalue weighted by Gasteiger charge is 2.54. The van der Waals surface area contributed by atoms with Gasteiger partial charge in [-0.15, -0.1) is 0 Å². The van der Waals surface area contributed by atoms with Crippen molar-refractivity contribution in [3.8, 4) is 17.2 Å². The fourth-order valence-corrected chi connectivity index (χ4v) is 9.41. The Morgan fingerprint density at radius 3 is 2.60 bits per heavy atom. The largest absolute Gasteiger partial charge is 0.508 e. The fraction of sp³-hybridized carbons (Fsp3) is 0.364. The number of ether oxygens (including phenoxy) is 2. The van der Waals surface area contributed by atoms with Gasteiger partial charge in [0.2, 0.25) is 0 Å². The van der Waals surface area contributed by atoms with Crippen LogP contribution in [0.4, 0.5) is 11.6 Å². The van der Waals surface area contributed by atoms with Crippen LogP contribution in [-0.2, 0) is 35.4 Å². The summed E-state index contributed by atoms with van der Waals surface area (Å²) in [6, 6.07) is 11.8. The molecule has 6 atom stereocenters. The summed E-state index contributed by atoms with van der Waals surface area (Å²) < 4.78 is 20.1. The molecule has 4 bridgehead atoms. The highest BCUT2D eigenvalue weighted by molar-refractivity contribution is 5.92. The van der Waals surface area contributed by atoms with E-state index in [1.807, 2.05) is 25.1 Å². The number of aromatic hydroxyl groups is 2. The molecule has 1 aliphatic carbocycles. The average Bonchev–Trinajstić information content (AvgIpc) is 3.24. The molecule has 2 aliphatic heterocycles. The predicted octanol–water partition coefficient (Wildman–Crippen LogP) is 5.42. The summed E-state index contributed by atoms with van der Waals surface area (Å²) in [6.45, 7) is 4.28. The average molecular weight is 775 g/mol. The number of phenols is 2. The molecule has 3 aromatic heterocycles. The predicted molar refractivity (Wildman–Crippen MR) is 212 cm³/mol. The normalized spacial score (nSPS) is 24.0. The quantitative estimate of drug-likeness (QED) is 0.0937. The van der Waals surface area contributed by atoms with Crippen molar-refractivity contribution in [2.75, 3.05) is 18.1 Å². The molecule has 0 unspecified atom stereocenters. The van der Waals surface area contributed by atoms with Crippen LogP contribution in [0.5, 0.6) is 17.2 Å². The molecule has 13 nitrogen and oxygen atoms in total. The number of aromatic nitrogens is 2.